The molecule has 0 N–H and O–H groups in total. The summed E-state index contributed by atoms with van der Waals surface area (Å²) in [4.78, 5) is 4.29. The summed E-state index contributed by atoms with van der Waals surface area (Å²) in [5, 5.41) is -0.215. The highest BCUT2D eigenvalue weighted by molar-refractivity contribution is 7.92. The third-order valence-corrected chi connectivity index (χ3v) is 7.26. The van der Waals surface area contributed by atoms with Crippen LogP contribution in [0.1, 0.15) is 5.56 Å². The van der Waals surface area contributed by atoms with Gasteiger partial charge in [-0.1, -0.05) is 12.1 Å². The van der Waals surface area contributed by atoms with E-state index in [0.717, 1.165) is 25.1 Å². The van der Waals surface area contributed by atoms with Crippen molar-refractivity contribution in [2.75, 3.05) is 39.5 Å². The Morgan fingerprint density at radius 3 is 2.55 bits per heavy atom. The average molecular weight is 326 g/mol. The predicted molar refractivity (Wildman–Crippen MR) is 85.1 cm³/mol. The van der Waals surface area contributed by atoms with Gasteiger partial charge in [-0.3, -0.25) is 0 Å². The van der Waals surface area contributed by atoms with Crippen LogP contribution in [0, 0.1) is 11.7 Å². The van der Waals surface area contributed by atoms with Gasteiger partial charge in [0.25, 0.3) is 0 Å². The number of nitrogens with zero attached hydrogens (tertiary/aromatic N) is 2. The van der Waals surface area contributed by atoms with Crippen LogP contribution in [-0.4, -0.2) is 69.0 Å². The zero-order chi connectivity index (χ0) is 15.9. The molecule has 0 bridgehead atoms. The number of halogens is 1. The van der Waals surface area contributed by atoms with Crippen LogP contribution in [0.4, 0.5) is 4.39 Å². The second-order valence-electron chi connectivity index (χ2n) is 6.70. The quantitative estimate of drug-likeness (QED) is 0.829. The van der Waals surface area contributed by atoms with E-state index in [-0.39, 0.29) is 23.0 Å². The molecule has 0 aliphatic carbocycles. The summed E-state index contributed by atoms with van der Waals surface area (Å²) < 4.78 is 37.5. The maximum absolute atomic E-state index is 12.9. The van der Waals surface area contributed by atoms with Crippen molar-refractivity contribution >= 4 is 9.84 Å². The third kappa shape index (κ3) is 3.05. The van der Waals surface area contributed by atoms with Crippen LogP contribution in [0.25, 0.3) is 0 Å². The number of hydrogen-bond acceptors (Lipinski definition) is 4. The molecule has 2 heterocycles. The largest absolute Gasteiger partial charge is 0.305 e. The molecule has 2 aliphatic rings. The van der Waals surface area contributed by atoms with Crippen molar-refractivity contribution in [2.24, 2.45) is 5.92 Å². The zero-order valence-corrected chi connectivity index (χ0v) is 13.9. The van der Waals surface area contributed by atoms with Crippen molar-refractivity contribution in [1.29, 1.82) is 0 Å². The number of fused-ring (bicyclic) bond motifs is 1. The first kappa shape index (κ1) is 15.9. The van der Waals surface area contributed by atoms with Gasteiger partial charge in [0.1, 0.15) is 5.82 Å². The molecule has 2 fully saturated rings. The maximum atomic E-state index is 12.9. The van der Waals surface area contributed by atoms with Gasteiger partial charge in [-0.25, -0.2) is 12.8 Å². The zero-order valence-electron chi connectivity index (χ0n) is 13.1. The summed E-state index contributed by atoms with van der Waals surface area (Å²) in [6, 6.07) is 6.67. The maximum Gasteiger partial charge on any atom is 0.156 e. The Bertz CT molecular complexity index is 630. The fourth-order valence-electron chi connectivity index (χ4n) is 3.77. The summed E-state index contributed by atoms with van der Waals surface area (Å²) in [6.45, 7) is 2.31. The molecule has 0 unspecified atom stereocenters. The minimum atomic E-state index is -2.97. The summed E-state index contributed by atoms with van der Waals surface area (Å²) >= 11 is 0. The molecule has 0 aromatic heterocycles. The van der Waals surface area contributed by atoms with Crippen LogP contribution in [0.15, 0.2) is 24.3 Å². The topological polar surface area (TPSA) is 40.6 Å². The van der Waals surface area contributed by atoms with Crippen molar-refractivity contribution in [2.45, 2.75) is 17.7 Å². The van der Waals surface area contributed by atoms with E-state index in [0.29, 0.717) is 12.3 Å². The van der Waals surface area contributed by atoms with Crippen LogP contribution < -0.4 is 0 Å². The van der Waals surface area contributed by atoms with Crippen molar-refractivity contribution in [3.8, 4) is 0 Å². The van der Waals surface area contributed by atoms with Crippen LogP contribution in [0.3, 0.4) is 0 Å². The molecule has 3 rings (SSSR count). The second-order valence-corrected chi connectivity index (χ2v) is 8.96. The highest BCUT2D eigenvalue weighted by Gasteiger charge is 2.52. The molecule has 3 atom stereocenters. The Labute approximate surface area is 131 Å². The van der Waals surface area contributed by atoms with Crippen LogP contribution in [0.5, 0.6) is 0 Å². The van der Waals surface area contributed by atoms with Gasteiger partial charge in [-0.2, -0.15) is 0 Å². The Morgan fingerprint density at radius 1 is 1.23 bits per heavy atom. The minimum absolute atomic E-state index is 0.130. The molecule has 0 spiro atoms. The lowest BCUT2D eigenvalue weighted by molar-refractivity contribution is 0.233. The smallest absolute Gasteiger partial charge is 0.156 e. The molecule has 1 aromatic rings. The van der Waals surface area contributed by atoms with Crippen molar-refractivity contribution in [1.82, 2.24) is 9.80 Å². The first-order valence-corrected chi connectivity index (χ1v) is 9.43. The SMILES string of the molecule is CN(C)[C@H]1CS(=O)(=O)[C@H]2CN(CCc3ccc(F)cc3)C[C@@H]12. The van der Waals surface area contributed by atoms with Gasteiger partial charge in [0.05, 0.1) is 11.0 Å². The molecular formula is C16H23FN2O2S. The highest BCUT2D eigenvalue weighted by Crippen LogP contribution is 2.35. The molecule has 2 saturated heterocycles. The fourth-order valence-corrected chi connectivity index (χ4v) is 6.27. The number of benzene rings is 1. The van der Waals surface area contributed by atoms with E-state index < -0.39 is 9.84 Å². The van der Waals surface area contributed by atoms with Gasteiger partial charge in [0, 0.05) is 31.6 Å². The van der Waals surface area contributed by atoms with Crippen LogP contribution >= 0.6 is 0 Å². The second kappa shape index (κ2) is 5.91. The highest BCUT2D eigenvalue weighted by atomic mass is 32.2. The Hall–Kier alpha value is -0.980. The fraction of sp³-hybridized carbons (Fsp3) is 0.625. The van der Waals surface area contributed by atoms with Crippen molar-refractivity contribution in [3.05, 3.63) is 35.6 Å². The first-order chi connectivity index (χ1) is 10.4. The number of rotatable bonds is 4. The van der Waals surface area contributed by atoms with E-state index in [1.807, 2.05) is 19.0 Å². The normalized spacial score (nSPS) is 30.8. The van der Waals surface area contributed by atoms with Crippen LogP contribution in [-0.2, 0) is 16.3 Å². The van der Waals surface area contributed by atoms with Crippen molar-refractivity contribution in [3.63, 3.8) is 0 Å². The Kier molecular flexibility index (Phi) is 4.27. The standard InChI is InChI=1S/C16H23FN2O2S/c1-18(2)15-11-22(20,21)16-10-19(9-14(15)16)8-7-12-3-5-13(17)6-4-12/h3-6,14-16H,7-11H2,1-2H3/t14-,15-,16-/m0/s1. The average Bonchev–Trinajstić information content (AvgIpc) is 2.98. The lowest BCUT2D eigenvalue weighted by atomic mass is 10.00. The third-order valence-electron chi connectivity index (χ3n) is 5.04. The van der Waals surface area contributed by atoms with E-state index in [2.05, 4.69) is 4.90 Å². The van der Waals surface area contributed by atoms with E-state index >= 15 is 0 Å². The summed E-state index contributed by atoms with van der Waals surface area (Å²) in [5.74, 6) is 0.286. The van der Waals surface area contributed by atoms with Gasteiger partial charge in [0.15, 0.2) is 9.84 Å². The van der Waals surface area contributed by atoms with Crippen molar-refractivity contribution < 1.29 is 12.8 Å². The molecule has 6 heteroatoms. The molecule has 0 saturated carbocycles. The Morgan fingerprint density at radius 2 is 1.91 bits per heavy atom. The summed E-state index contributed by atoms with van der Waals surface area (Å²) in [5.41, 5.74) is 1.09. The molecular weight excluding hydrogens is 303 g/mol. The molecule has 1 aromatic carbocycles. The van der Waals surface area contributed by atoms with E-state index in [9.17, 15) is 12.8 Å². The first-order valence-electron chi connectivity index (χ1n) is 7.71. The molecule has 2 aliphatic heterocycles. The summed E-state index contributed by atoms with van der Waals surface area (Å²) in [7, 11) is 0.952. The van der Waals surface area contributed by atoms with E-state index in [1.54, 1.807) is 12.1 Å². The van der Waals surface area contributed by atoms with E-state index in [1.165, 1.54) is 12.1 Å². The predicted octanol–water partition coefficient (Wildman–Crippen LogP) is 1.03. The van der Waals surface area contributed by atoms with Crippen LogP contribution in [0.2, 0.25) is 0 Å². The van der Waals surface area contributed by atoms with Gasteiger partial charge in [0.2, 0.25) is 0 Å². The number of likely N-dealkylation sites (tertiary alicyclic amines) is 1. The monoisotopic (exact) mass is 326 g/mol. The molecule has 0 radical (unpaired) electrons. The molecule has 22 heavy (non-hydrogen) atoms. The van der Waals surface area contributed by atoms with Gasteiger partial charge < -0.3 is 9.80 Å². The lowest BCUT2D eigenvalue weighted by Gasteiger charge is -2.25. The molecule has 122 valence electrons. The number of sulfone groups is 1. The number of hydrogen-bond donors (Lipinski definition) is 0. The Balaban J connectivity index is 1.63. The van der Waals surface area contributed by atoms with Gasteiger partial charge in [-0.15, -0.1) is 0 Å². The van der Waals surface area contributed by atoms with E-state index in [4.69, 9.17) is 0 Å². The molecule has 0 amide bonds. The summed E-state index contributed by atoms with van der Waals surface area (Å²) in [6.07, 6.45) is 0.826. The molecule has 4 nitrogen and oxygen atoms in total. The minimum Gasteiger partial charge on any atom is -0.305 e. The van der Waals surface area contributed by atoms with Gasteiger partial charge >= 0.3 is 0 Å². The lowest BCUT2D eigenvalue weighted by Crippen LogP contribution is -2.37. The van der Waals surface area contributed by atoms with Gasteiger partial charge in [-0.05, 0) is 38.2 Å².